The van der Waals surface area contributed by atoms with Crippen molar-refractivity contribution in [2.75, 3.05) is 6.26 Å². The van der Waals surface area contributed by atoms with E-state index in [1.807, 2.05) is 40.9 Å². The highest BCUT2D eigenvalue weighted by Gasteiger charge is 2.52. The van der Waals surface area contributed by atoms with Gasteiger partial charge in [-0.2, -0.15) is 5.10 Å². The molecule has 1 aliphatic rings. The van der Waals surface area contributed by atoms with Gasteiger partial charge in [0.25, 0.3) is 0 Å². The molecule has 0 unspecified atom stereocenters. The summed E-state index contributed by atoms with van der Waals surface area (Å²) < 4.78 is 35.8. The molecule has 2 aromatic rings. The first-order valence-electron chi connectivity index (χ1n) is 8.74. The van der Waals surface area contributed by atoms with Gasteiger partial charge in [-0.05, 0) is 33.8 Å². The van der Waals surface area contributed by atoms with Gasteiger partial charge < -0.3 is 19.4 Å². The highest BCUT2D eigenvalue weighted by atomic mass is 32.2. The number of nitrogens with zero attached hydrogens (tertiary/aromatic N) is 2. The largest absolute Gasteiger partial charge is 0.498 e. The lowest BCUT2D eigenvalue weighted by Gasteiger charge is -2.32. The molecule has 1 aromatic heterocycles. The number of aryl methyl sites for hydroxylation is 1. The molecule has 0 spiro atoms. The minimum absolute atomic E-state index is 0.00463. The molecule has 1 fully saturated rings. The van der Waals surface area contributed by atoms with Crippen LogP contribution in [0.4, 0.5) is 0 Å². The van der Waals surface area contributed by atoms with Crippen LogP contribution in [0.25, 0.3) is 0 Å². The van der Waals surface area contributed by atoms with Crippen molar-refractivity contribution in [3.05, 3.63) is 36.7 Å². The van der Waals surface area contributed by atoms with Gasteiger partial charge in [-0.3, -0.25) is 4.68 Å². The van der Waals surface area contributed by atoms with Gasteiger partial charge in [-0.15, -0.1) is 0 Å². The van der Waals surface area contributed by atoms with Crippen molar-refractivity contribution < 1.29 is 27.8 Å². The second-order valence-electron chi connectivity index (χ2n) is 7.72. The minimum atomic E-state index is -3.40. The molecule has 0 saturated carbocycles. The Labute approximate surface area is 166 Å². The molecule has 2 N–H and O–H groups in total. The van der Waals surface area contributed by atoms with E-state index in [2.05, 4.69) is 5.10 Å². The van der Waals surface area contributed by atoms with Crippen LogP contribution in [0.15, 0.2) is 41.6 Å². The first-order valence-corrected chi connectivity index (χ1v) is 10.6. The molecule has 1 aromatic carbocycles. The van der Waals surface area contributed by atoms with Gasteiger partial charge in [0.15, 0.2) is 9.84 Å². The van der Waals surface area contributed by atoms with Crippen LogP contribution in [0, 0.1) is 0 Å². The quantitative estimate of drug-likeness (QED) is 0.659. The third-order valence-corrected chi connectivity index (χ3v) is 6.02. The molecule has 3 rings (SSSR count). The average molecular weight is 408 g/mol. The van der Waals surface area contributed by atoms with Gasteiger partial charge >= 0.3 is 14.2 Å². The highest BCUT2D eigenvalue weighted by molar-refractivity contribution is 7.91. The molecule has 11 heteroatoms. The van der Waals surface area contributed by atoms with Crippen LogP contribution in [0.3, 0.4) is 0 Å². The Morgan fingerprint density at radius 3 is 2.04 bits per heavy atom. The number of rotatable bonds is 3. The molecule has 0 radical (unpaired) electrons. The maximum absolute atomic E-state index is 11.1. The maximum Gasteiger partial charge on any atom is 0.498 e. The van der Waals surface area contributed by atoms with E-state index in [4.69, 9.17) is 19.4 Å². The Hall–Kier alpha value is -1.65. The normalized spacial score (nSPS) is 17.8. The van der Waals surface area contributed by atoms with Gasteiger partial charge in [0.2, 0.25) is 0 Å². The summed E-state index contributed by atoms with van der Waals surface area (Å²) >= 11 is 0. The van der Waals surface area contributed by atoms with E-state index < -0.39 is 17.0 Å². The van der Waals surface area contributed by atoms with Crippen LogP contribution < -0.4 is 10.9 Å². The van der Waals surface area contributed by atoms with Gasteiger partial charge in [0.05, 0.1) is 16.1 Å². The molecule has 0 aliphatic carbocycles. The summed E-state index contributed by atoms with van der Waals surface area (Å²) in [4.78, 5) is -0.0509. The average Bonchev–Trinajstić information content (AvgIpc) is 3.08. The molecule has 152 valence electrons. The number of hydrogen-bond donors (Lipinski definition) is 2. The van der Waals surface area contributed by atoms with Crippen molar-refractivity contribution in [3.63, 3.8) is 0 Å². The Balaban J connectivity index is 0.000000203. The molecule has 1 aliphatic heterocycles. The fourth-order valence-electron chi connectivity index (χ4n) is 2.57. The summed E-state index contributed by atoms with van der Waals surface area (Å²) in [5, 5.41) is 21.8. The van der Waals surface area contributed by atoms with E-state index in [-0.39, 0.29) is 28.7 Å². The standard InChI is InChI=1S/C10H17BN2O2.C7H9BO4S/c1-9(2)10(3,4)15-11(14-9)8-6-12-13(5)7-8;1-13(11,12)7-5-3-2-4-6(7)8(9)10/h6-7H,1-5H3;2-5,9-10H,1H3. The second-order valence-corrected chi connectivity index (χ2v) is 9.70. The molecule has 28 heavy (non-hydrogen) atoms. The Morgan fingerprint density at radius 2 is 1.64 bits per heavy atom. The number of sulfone groups is 1. The number of hydrogen-bond acceptors (Lipinski definition) is 7. The van der Waals surface area contributed by atoms with Gasteiger partial charge in [0, 0.05) is 36.6 Å². The van der Waals surface area contributed by atoms with E-state index in [0.29, 0.717) is 0 Å². The predicted octanol–water partition coefficient (Wildman–Crippen LogP) is -0.511. The summed E-state index contributed by atoms with van der Waals surface area (Å²) in [5.41, 5.74) is 0.405. The van der Waals surface area contributed by atoms with Crippen LogP contribution >= 0.6 is 0 Å². The summed E-state index contributed by atoms with van der Waals surface area (Å²) in [6.07, 6.45) is 4.72. The van der Waals surface area contributed by atoms with Gasteiger partial charge in [0.1, 0.15) is 0 Å². The first kappa shape index (κ1) is 22.6. The van der Waals surface area contributed by atoms with E-state index >= 15 is 0 Å². The molecule has 1 saturated heterocycles. The van der Waals surface area contributed by atoms with E-state index in [0.717, 1.165) is 11.7 Å². The molecule has 0 atom stereocenters. The maximum atomic E-state index is 11.1. The van der Waals surface area contributed by atoms with E-state index in [9.17, 15) is 8.42 Å². The van der Waals surface area contributed by atoms with Gasteiger partial charge in [-0.25, -0.2) is 8.42 Å². The zero-order valence-corrected chi connectivity index (χ0v) is 17.8. The van der Waals surface area contributed by atoms with Gasteiger partial charge in [-0.1, -0.05) is 18.2 Å². The molecule has 2 heterocycles. The van der Waals surface area contributed by atoms with E-state index in [1.165, 1.54) is 18.2 Å². The first-order chi connectivity index (χ1) is 12.7. The van der Waals surface area contributed by atoms with Crippen molar-refractivity contribution in [2.45, 2.75) is 43.8 Å². The highest BCUT2D eigenvalue weighted by Crippen LogP contribution is 2.36. The second kappa shape index (κ2) is 8.00. The lowest BCUT2D eigenvalue weighted by atomic mass is 9.80. The smallest absolute Gasteiger partial charge is 0.423 e. The Kier molecular flexibility index (Phi) is 6.47. The van der Waals surface area contributed by atoms with Crippen molar-refractivity contribution in [2.24, 2.45) is 7.05 Å². The molecular weight excluding hydrogens is 382 g/mol. The van der Waals surface area contributed by atoms with Crippen LogP contribution in [-0.4, -0.2) is 59.9 Å². The van der Waals surface area contributed by atoms with E-state index in [1.54, 1.807) is 16.9 Å². The third kappa shape index (κ3) is 5.03. The van der Waals surface area contributed by atoms with Crippen molar-refractivity contribution >= 4 is 35.0 Å². The topological polar surface area (TPSA) is 111 Å². The molecule has 0 amide bonds. The fraction of sp³-hybridized carbons (Fsp3) is 0.471. The monoisotopic (exact) mass is 408 g/mol. The number of benzene rings is 1. The zero-order valence-electron chi connectivity index (χ0n) is 16.9. The van der Waals surface area contributed by atoms with Crippen molar-refractivity contribution in [1.82, 2.24) is 9.78 Å². The third-order valence-electron chi connectivity index (χ3n) is 4.85. The number of aromatic nitrogens is 2. The Morgan fingerprint density at radius 1 is 1.11 bits per heavy atom. The SMILES string of the molecule is CS(=O)(=O)c1ccccc1B(O)O.Cn1cc(B2OC(C)(C)C(C)(C)O2)cn1. The summed E-state index contributed by atoms with van der Waals surface area (Å²) in [5.74, 6) is 0. The zero-order chi connectivity index (χ0) is 21.3. The molecule has 8 nitrogen and oxygen atoms in total. The van der Waals surface area contributed by atoms with Crippen LogP contribution in [0.5, 0.6) is 0 Å². The molecule has 0 bridgehead atoms. The Bertz CT molecular complexity index is 911. The summed E-state index contributed by atoms with van der Waals surface area (Å²) in [7, 11) is -3.58. The lowest BCUT2D eigenvalue weighted by Crippen LogP contribution is -2.41. The minimum Gasteiger partial charge on any atom is -0.423 e. The van der Waals surface area contributed by atoms with Crippen molar-refractivity contribution in [1.29, 1.82) is 0 Å². The van der Waals surface area contributed by atoms with Crippen LogP contribution in [-0.2, 0) is 26.2 Å². The summed E-state index contributed by atoms with van der Waals surface area (Å²) in [6.45, 7) is 8.18. The summed E-state index contributed by atoms with van der Waals surface area (Å²) in [6, 6.07) is 5.77. The van der Waals surface area contributed by atoms with Crippen LogP contribution in [0.2, 0.25) is 0 Å². The van der Waals surface area contributed by atoms with Crippen LogP contribution in [0.1, 0.15) is 27.7 Å². The predicted molar refractivity (Wildman–Crippen MR) is 108 cm³/mol. The molecular formula is C17H26B2N2O6S. The lowest BCUT2D eigenvalue weighted by molar-refractivity contribution is 0.00578. The van der Waals surface area contributed by atoms with Crippen molar-refractivity contribution in [3.8, 4) is 0 Å². The fourth-order valence-corrected chi connectivity index (χ4v) is 3.50.